The molecule has 1 aliphatic carbocycles. The molecule has 0 spiro atoms. The van der Waals surface area contributed by atoms with E-state index in [0.29, 0.717) is 0 Å². The van der Waals surface area contributed by atoms with E-state index in [9.17, 15) is 0 Å². The number of rotatable bonds is 6. The Hall–Kier alpha value is -3.36. The van der Waals surface area contributed by atoms with Gasteiger partial charge in [-0.05, 0) is 52.7 Å². The molecule has 254 valence electrons. The van der Waals surface area contributed by atoms with E-state index in [4.69, 9.17) is 0 Å². The quantitative estimate of drug-likeness (QED) is 0.128. The van der Waals surface area contributed by atoms with Gasteiger partial charge in [0.15, 0.2) is 0 Å². The van der Waals surface area contributed by atoms with Crippen molar-refractivity contribution in [3.8, 4) is 0 Å². The van der Waals surface area contributed by atoms with Gasteiger partial charge in [-0.3, -0.25) is 0 Å². The van der Waals surface area contributed by atoms with Crippen LogP contribution in [0.2, 0.25) is 0 Å². The second-order valence-electron chi connectivity index (χ2n) is 15.0. The van der Waals surface area contributed by atoms with Crippen molar-refractivity contribution in [1.29, 1.82) is 0 Å². The molecule has 0 aromatic heterocycles. The minimum Gasteiger partial charge on any atom is -1.00 e. The van der Waals surface area contributed by atoms with Gasteiger partial charge < -0.3 is 24.8 Å². The van der Waals surface area contributed by atoms with Crippen LogP contribution in [0.4, 0.5) is 0 Å². The molecule has 1 unspecified atom stereocenters. The van der Waals surface area contributed by atoms with Crippen LogP contribution in [0, 0.1) is 13.8 Å². The summed E-state index contributed by atoms with van der Waals surface area (Å²) in [4.78, 5) is 0. The zero-order chi connectivity index (χ0) is 32.9. The summed E-state index contributed by atoms with van der Waals surface area (Å²) in [6.07, 6.45) is 9.46. The molecule has 0 heterocycles. The molecule has 0 saturated carbocycles. The number of hydrogen-bond acceptors (Lipinski definition) is 0. The topological polar surface area (TPSA) is 0 Å². The Labute approximate surface area is 330 Å². The Morgan fingerprint density at radius 1 is 0.700 bits per heavy atom. The van der Waals surface area contributed by atoms with E-state index in [2.05, 4.69) is 188 Å². The summed E-state index contributed by atoms with van der Waals surface area (Å²) in [5.41, 5.74) is 13.1. The zero-order valence-corrected chi connectivity index (χ0v) is 35.2. The fraction of sp³-hybridized carbons (Fsp3) is 0.213. The molecule has 1 aliphatic rings. The minimum absolute atomic E-state index is 0. The van der Waals surface area contributed by atoms with Crippen LogP contribution in [-0.4, -0.2) is 0 Å². The van der Waals surface area contributed by atoms with Crippen LogP contribution in [0.5, 0.6) is 0 Å². The predicted octanol–water partition coefficient (Wildman–Crippen LogP) is 6.78. The maximum Gasteiger partial charge on any atom is 0.00154 e. The van der Waals surface area contributed by atoms with Crippen LogP contribution in [0.3, 0.4) is 0 Å². The zero-order valence-electron chi connectivity index (χ0n) is 30.1. The summed E-state index contributed by atoms with van der Waals surface area (Å²) in [7, 11) is 0. The molecule has 6 aromatic carbocycles. The van der Waals surface area contributed by atoms with E-state index in [1.807, 2.05) is 0 Å². The number of allylic oxidation sites excluding steroid dienone is 5. The Balaban J connectivity index is 0.00000187. The van der Waals surface area contributed by atoms with E-state index in [0.717, 1.165) is 0 Å². The average Bonchev–Trinajstić information content (AvgIpc) is 3.68. The van der Waals surface area contributed by atoms with Crippen molar-refractivity contribution in [2.75, 3.05) is 0 Å². The number of aryl methyl sites for hydroxylation is 2. The molecule has 50 heavy (non-hydrogen) atoms. The monoisotopic (exact) mass is 859 g/mol. The molecule has 0 amide bonds. The summed E-state index contributed by atoms with van der Waals surface area (Å²) >= 11 is 0. The molecule has 6 aromatic rings. The van der Waals surface area contributed by atoms with Gasteiger partial charge in [0.1, 0.15) is 0 Å². The van der Waals surface area contributed by atoms with E-state index in [1.165, 1.54) is 77.2 Å². The molecule has 3 heteroatoms. The Morgan fingerprint density at radius 2 is 1.32 bits per heavy atom. The molecule has 0 aliphatic heterocycles. The maximum atomic E-state index is 2.47. The van der Waals surface area contributed by atoms with Crippen LogP contribution in [0.1, 0.15) is 85.0 Å². The fourth-order valence-corrected chi connectivity index (χ4v) is 7.64. The first-order valence-electron chi connectivity index (χ1n) is 17.0. The largest absolute Gasteiger partial charge is 1.00 e. The Kier molecular flexibility index (Phi) is 12.2. The Morgan fingerprint density at radius 3 is 1.92 bits per heavy atom. The van der Waals surface area contributed by atoms with Gasteiger partial charge in [0.05, 0.1) is 0 Å². The fourth-order valence-electron chi connectivity index (χ4n) is 7.64. The van der Waals surface area contributed by atoms with Crippen LogP contribution in [-0.2, 0) is 36.7 Å². The SMILES string of the molecule is Cc1ccc(C2=CC=CC2c2c(C(C)(C)C)ccc3c2[cH-]c2cc(C(C)(C)C=C(c4ccccc4)c4ccccc4)ccc23)c(C)c1.[Cl-].[Cl-].[Hf]. The molecule has 7 rings (SSSR count). The van der Waals surface area contributed by atoms with Crippen molar-refractivity contribution in [2.24, 2.45) is 0 Å². The van der Waals surface area contributed by atoms with Gasteiger partial charge in [-0.2, -0.15) is 0 Å². The molecular weight excluding hydrogens is 814 g/mol. The van der Waals surface area contributed by atoms with E-state index >= 15 is 0 Å². The van der Waals surface area contributed by atoms with Gasteiger partial charge in [0, 0.05) is 37.2 Å². The first kappa shape index (κ1) is 39.4. The summed E-state index contributed by atoms with van der Waals surface area (Å²) < 4.78 is 0. The molecule has 0 fully saturated rings. The van der Waals surface area contributed by atoms with Gasteiger partial charge in [-0.1, -0.05) is 184 Å². The molecule has 0 bridgehead atoms. The number of fused-ring (bicyclic) bond motifs is 3. The summed E-state index contributed by atoms with van der Waals surface area (Å²) in [5.74, 6) is 0.212. The van der Waals surface area contributed by atoms with Crippen molar-refractivity contribution in [1.82, 2.24) is 0 Å². The standard InChI is InChI=1S/C47H45.2ClH.Hf/c1-31-21-23-37(32(2)27-31)39-19-14-20-41(39)45-42-29-35-28-36(22-24-38(35)40(42)25-26-44(45)46(3,4)5)47(6,7)30-43(33-15-10-8-11-16-33)34-17-12-9-13-18-34;;;/h8-30,41H,1-7H3;2*1H;/q-1;;;/p-2. The third-order valence-corrected chi connectivity index (χ3v) is 10.1. The van der Waals surface area contributed by atoms with Crippen LogP contribution < -0.4 is 24.8 Å². The van der Waals surface area contributed by atoms with Crippen molar-refractivity contribution in [2.45, 2.75) is 65.2 Å². The van der Waals surface area contributed by atoms with Crippen LogP contribution in [0.25, 0.3) is 32.7 Å². The number of hydrogen-bond donors (Lipinski definition) is 0. The van der Waals surface area contributed by atoms with Crippen molar-refractivity contribution >= 4 is 32.7 Å². The van der Waals surface area contributed by atoms with Gasteiger partial charge in [0.25, 0.3) is 0 Å². The molecule has 0 N–H and O–H groups in total. The second-order valence-corrected chi connectivity index (χ2v) is 15.0. The van der Waals surface area contributed by atoms with Crippen molar-refractivity contribution in [3.63, 3.8) is 0 Å². The smallest absolute Gasteiger partial charge is 0.00154 e. The van der Waals surface area contributed by atoms with Gasteiger partial charge in [-0.25, -0.2) is 0 Å². The van der Waals surface area contributed by atoms with Crippen molar-refractivity contribution < 1.29 is 50.7 Å². The van der Waals surface area contributed by atoms with E-state index in [1.54, 1.807) is 0 Å². The van der Waals surface area contributed by atoms with E-state index < -0.39 is 0 Å². The first-order valence-corrected chi connectivity index (χ1v) is 17.0. The molecule has 1 atom stereocenters. The number of halogens is 2. The minimum atomic E-state index is -0.189. The van der Waals surface area contributed by atoms with E-state index in [-0.39, 0.29) is 67.4 Å². The second kappa shape index (κ2) is 15.5. The molecular formula is C47H45Cl2Hf-3. The first-order chi connectivity index (χ1) is 22.5. The van der Waals surface area contributed by atoms with Gasteiger partial charge in [-0.15, -0.1) is 33.7 Å². The van der Waals surface area contributed by atoms with Crippen molar-refractivity contribution in [3.05, 3.63) is 184 Å². The normalized spacial score (nSPS) is 14.1. The predicted molar refractivity (Wildman–Crippen MR) is 205 cm³/mol. The molecule has 0 nitrogen and oxygen atoms in total. The van der Waals surface area contributed by atoms with Gasteiger partial charge in [0.2, 0.25) is 0 Å². The summed E-state index contributed by atoms with van der Waals surface area (Å²) in [6, 6.07) is 42.8. The summed E-state index contributed by atoms with van der Waals surface area (Å²) in [6.45, 7) is 16.2. The number of benzene rings is 5. The Bertz CT molecular complexity index is 2170. The van der Waals surface area contributed by atoms with Crippen LogP contribution in [0.15, 0.2) is 140 Å². The summed E-state index contributed by atoms with van der Waals surface area (Å²) in [5, 5.41) is 5.36. The average molecular weight is 859 g/mol. The third kappa shape index (κ3) is 7.48. The molecule has 0 saturated heterocycles. The van der Waals surface area contributed by atoms with Crippen LogP contribution >= 0.6 is 0 Å². The van der Waals surface area contributed by atoms with Gasteiger partial charge >= 0.3 is 0 Å². The molecule has 0 radical (unpaired) electrons. The maximum absolute atomic E-state index is 2.47. The third-order valence-electron chi connectivity index (χ3n) is 10.1.